The van der Waals surface area contributed by atoms with Gasteiger partial charge >= 0.3 is 0 Å². The van der Waals surface area contributed by atoms with Crippen molar-refractivity contribution in [1.82, 2.24) is 20.6 Å². The predicted molar refractivity (Wildman–Crippen MR) is 202 cm³/mol. The van der Waals surface area contributed by atoms with Crippen LogP contribution in [0.15, 0.2) is 97.1 Å². The van der Waals surface area contributed by atoms with E-state index in [1.54, 1.807) is 0 Å². The number of hydrogen-bond donors (Lipinski definition) is 6. The Bertz CT molecular complexity index is 1940. The minimum atomic E-state index is -0.390. The maximum Gasteiger partial charge on any atom is 0.265 e. The molecule has 0 bridgehead atoms. The Balaban J connectivity index is 0.000000157. The number of rotatable bonds is 8. The van der Waals surface area contributed by atoms with Gasteiger partial charge in [-0.25, -0.2) is 0 Å². The van der Waals surface area contributed by atoms with E-state index in [4.69, 9.17) is 11.5 Å². The molecule has 2 aliphatic heterocycles. The van der Waals surface area contributed by atoms with Crippen molar-refractivity contribution in [2.45, 2.75) is 50.4 Å². The number of hydrogen-bond acceptors (Lipinski definition) is 4. The van der Waals surface area contributed by atoms with Crippen molar-refractivity contribution >= 4 is 33.6 Å². The molecule has 0 unspecified atom stereocenters. The van der Waals surface area contributed by atoms with Crippen molar-refractivity contribution in [3.63, 3.8) is 0 Å². The third-order valence-corrected chi connectivity index (χ3v) is 10.4. The number of benzene rings is 4. The Morgan fingerprint density at radius 1 is 0.520 bits per heavy atom. The number of primary amides is 2. The molecular formula is C42H46N6O2. The van der Waals surface area contributed by atoms with Crippen LogP contribution in [0, 0.1) is 0 Å². The molecule has 0 radical (unpaired) electrons. The lowest BCUT2D eigenvalue weighted by Crippen LogP contribution is -2.26. The maximum absolute atomic E-state index is 12.1. The van der Waals surface area contributed by atoms with Crippen LogP contribution in [0.25, 0.3) is 21.8 Å². The Labute approximate surface area is 293 Å². The van der Waals surface area contributed by atoms with E-state index in [0.717, 1.165) is 84.8 Å². The standard InChI is InChI=1S/2C21H23N3O/c2*22-21(25)20-18(13-14-5-2-1-3-6-14)17-8-4-7-16(19(17)24-20)15-9-11-23-12-10-15/h2*1-8,15,23-24H,9-13H2,(H2,22,25). The molecule has 0 spiro atoms. The largest absolute Gasteiger partial charge is 0.364 e. The summed E-state index contributed by atoms with van der Waals surface area (Å²) in [4.78, 5) is 30.8. The van der Waals surface area contributed by atoms with Crippen molar-refractivity contribution in [2.75, 3.05) is 26.2 Å². The SMILES string of the molecule is NC(=O)c1[nH]c2c(C3CCNCC3)cccc2c1Cc1ccccc1.NC(=O)c1[nH]c2c(C3CCNCC3)cccc2c1Cc1ccccc1. The first-order valence-electron chi connectivity index (χ1n) is 17.8. The minimum absolute atomic E-state index is 0.390. The molecule has 2 saturated heterocycles. The zero-order valence-corrected chi connectivity index (χ0v) is 28.4. The average molecular weight is 667 g/mol. The Hall–Kier alpha value is -5.18. The first-order valence-corrected chi connectivity index (χ1v) is 17.8. The van der Waals surface area contributed by atoms with Gasteiger partial charge in [0, 0.05) is 34.6 Å². The topological polar surface area (TPSA) is 142 Å². The molecule has 8 heteroatoms. The van der Waals surface area contributed by atoms with Crippen LogP contribution in [0.2, 0.25) is 0 Å². The number of carbonyl (C=O) groups excluding carboxylic acids is 2. The summed E-state index contributed by atoms with van der Waals surface area (Å²) < 4.78 is 0. The number of aromatic nitrogens is 2. The fourth-order valence-corrected chi connectivity index (χ4v) is 7.93. The monoisotopic (exact) mass is 666 g/mol. The normalized spacial score (nSPS) is 15.5. The van der Waals surface area contributed by atoms with Crippen LogP contribution >= 0.6 is 0 Å². The Morgan fingerprint density at radius 3 is 1.26 bits per heavy atom. The van der Waals surface area contributed by atoms with Gasteiger partial charge in [-0.15, -0.1) is 0 Å². The third kappa shape index (κ3) is 7.08. The lowest BCUT2D eigenvalue weighted by molar-refractivity contribution is 0.0987. The van der Waals surface area contributed by atoms with E-state index < -0.39 is 11.8 Å². The van der Waals surface area contributed by atoms with E-state index in [1.165, 1.54) is 22.3 Å². The van der Waals surface area contributed by atoms with Gasteiger partial charge in [0.2, 0.25) is 0 Å². The molecule has 2 aromatic heterocycles. The first kappa shape index (κ1) is 33.3. The molecule has 0 saturated carbocycles. The number of nitrogens with one attached hydrogen (secondary N) is 4. The molecule has 4 heterocycles. The van der Waals surface area contributed by atoms with Gasteiger partial charge in [-0.1, -0.05) is 97.1 Å². The van der Waals surface area contributed by atoms with Crippen LogP contribution in [0.1, 0.15) is 91.9 Å². The van der Waals surface area contributed by atoms with E-state index in [9.17, 15) is 9.59 Å². The minimum Gasteiger partial charge on any atom is -0.364 e. The van der Waals surface area contributed by atoms with Crippen LogP contribution in [-0.2, 0) is 12.8 Å². The zero-order valence-electron chi connectivity index (χ0n) is 28.4. The van der Waals surface area contributed by atoms with E-state index in [0.29, 0.717) is 36.1 Å². The smallest absolute Gasteiger partial charge is 0.265 e. The molecule has 50 heavy (non-hydrogen) atoms. The molecule has 2 amide bonds. The fourth-order valence-electron chi connectivity index (χ4n) is 7.93. The van der Waals surface area contributed by atoms with Crippen LogP contribution in [0.4, 0.5) is 0 Å². The molecule has 2 aliphatic rings. The molecule has 0 aliphatic carbocycles. The van der Waals surface area contributed by atoms with Gasteiger partial charge in [0.1, 0.15) is 11.4 Å². The summed E-state index contributed by atoms with van der Waals surface area (Å²) in [6.07, 6.45) is 5.90. The van der Waals surface area contributed by atoms with Gasteiger partial charge in [0.25, 0.3) is 11.8 Å². The summed E-state index contributed by atoms with van der Waals surface area (Å²) >= 11 is 0. The average Bonchev–Trinajstić information content (AvgIpc) is 3.72. The number of fused-ring (bicyclic) bond motifs is 2. The highest BCUT2D eigenvalue weighted by Gasteiger charge is 2.24. The first-order chi connectivity index (χ1) is 24.5. The summed E-state index contributed by atoms with van der Waals surface area (Å²) in [5.41, 5.74) is 21.6. The van der Waals surface area contributed by atoms with Gasteiger partial charge in [0.05, 0.1) is 0 Å². The van der Waals surface area contributed by atoms with Crippen molar-refractivity contribution in [2.24, 2.45) is 11.5 Å². The number of H-pyrrole nitrogens is 2. The van der Waals surface area contributed by atoms with Crippen LogP contribution < -0.4 is 22.1 Å². The van der Waals surface area contributed by atoms with Crippen molar-refractivity contribution < 1.29 is 9.59 Å². The second kappa shape index (κ2) is 15.2. The third-order valence-electron chi connectivity index (χ3n) is 10.4. The molecule has 4 aromatic carbocycles. The molecule has 8 nitrogen and oxygen atoms in total. The van der Waals surface area contributed by atoms with Gasteiger partial charge < -0.3 is 32.1 Å². The number of para-hydroxylation sites is 2. The summed E-state index contributed by atoms with van der Waals surface area (Å²) in [6.45, 7) is 4.17. The van der Waals surface area contributed by atoms with Crippen molar-refractivity contribution in [3.8, 4) is 0 Å². The van der Waals surface area contributed by atoms with E-state index in [1.807, 2.05) is 36.4 Å². The van der Waals surface area contributed by atoms with Gasteiger partial charge in [-0.2, -0.15) is 0 Å². The predicted octanol–water partition coefficient (Wildman–Crippen LogP) is 6.65. The fraction of sp³-hybridized carbons (Fsp3) is 0.286. The molecule has 8 N–H and O–H groups in total. The molecule has 8 rings (SSSR count). The summed E-state index contributed by atoms with van der Waals surface area (Å²) in [7, 11) is 0. The van der Waals surface area contributed by atoms with Crippen LogP contribution in [-0.4, -0.2) is 48.0 Å². The van der Waals surface area contributed by atoms with E-state index in [2.05, 4.69) is 81.3 Å². The van der Waals surface area contributed by atoms with E-state index in [-0.39, 0.29) is 0 Å². The van der Waals surface area contributed by atoms with Crippen LogP contribution in [0.5, 0.6) is 0 Å². The number of aromatic amines is 2. The summed E-state index contributed by atoms with van der Waals surface area (Å²) in [5, 5.41) is 9.07. The number of amides is 2. The highest BCUT2D eigenvalue weighted by Crippen LogP contribution is 2.36. The van der Waals surface area contributed by atoms with E-state index >= 15 is 0 Å². The van der Waals surface area contributed by atoms with Crippen molar-refractivity contribution in [1.29, 1.82) is 0 Å². The molecule has 256 valence electrons. The second-order valence-corrected chi connectivity index (χ2v) is 13.6. The zero-order chi connectivity index (χ0) is 34.5. The summed E-state index contributed by atoms with van der Waals surface area (Å²) in [5.74, 6) is 0.264. The van der Waals surface area contributed by atoms with Crippen LogP contribution in [0.3, 0.4) is 0 Å². The highest BCUT2D eigenvalue weighted by atomic mass is 16.1. The molecular weight excluding hydrogens is 621 g/mol. The lowest BCUT2D eigenvalue weighted by atomic mass is 9.88. The number of nitrogens with two attached hydrogens (primary N) is 2. The van der Waals surface area contributed by atoms with Gasteiger partial charge in [-0.3, -0.25) is 9.59 Å². The summed E-state index contributed by atoms with van der Waals surface area (Å²) in [6, 6.07) is 33.2. The molecule has 2 fully saturated rings. The Morgan fingerprint density at radius 2 is 0.900 bits per heavy atom. The molecule has 0 atom stereocenters. The van der Waals surface area contributed by atoms with Gasteiger partial charge in [-0.05, 0) is 97.1 Å². The lowest BCUT2D eigenvalue weighted by Gasteiger charge is -2.23. The number of piperidine rings is 2. The second-order valence-electron chi connectivity index (χ2n) is 13.6. The Kier molecular flexibility index (Phi) is 10.1. The number of carbonyl (C=O) groups is 2. The maximum atomic E-state index is 12.1. The quantitative estimate of drug-likeness (QED) is 0.108. The molecule has 6 aromatic rings. The highest BCUT2D eigenvalue weighted by molar-refractivity contribution is 6.02. The van der Waals surface area contributed by atoms with Crippen molar-refractivity contribution in [3.05, 3.63) is 142 Å². The van der Waals surface area contributed by atoms with Gasteiger partial charge in [0.15, 0.2) is 0 Å².